The molecule has 0 spiro atoms. The summed E-state index contributed by atoms with van der Waals surface area (Å²) in [7, 11) is 0. The second-order valence-electron chi connectivity index (χ2n) is 5.33. The summed E-state index contributed by atoms with van der Waals surface area (Å²) in [6, 6.07) is 12.9. The van der Waals surface area contributed by atoms with Gasteiger partial charge in [-0.3, -0.25) is 9.59 Å². The average Bonchev–Trinajstić information content (AvgIpc) is 2.49. The highest BCUT2D eigenvalue weighted by Crippen LogP contribution is 2.23. The number of carbonyl (C=O) groups is 2. The molecule has 0 radical (unpaired) electrons. The lowest BCUT2D eigenvalue weighted by Gasteiger charge is -2.13. The Kier molecular flexibility index (Phi) is 5.36. The van der Waals surface area contributed by atoms with Crippen LogP contribution in [0.5, 0.6) is 5.75 Å². The van der Waals surface area contributed by atoms with Gasteiger partial charge in [0.25, 0.3) is 5.91 Å². The van der Waals surface area contributed by atoms with Gasteiger partial charge in [-0.15, -0.1) is 0 Å². The zero-order chi connectivity index (χ0) is 16.8. The molecule has 0 saturated heterocycles. The first-order chi connectivity index (χ1) is 11.0. The third-order valence-corrected chi connectivity index (χ3v) is 3.22. The van der Waals surface area contributed by atoms with Crippen molar-refractivity contribution in [2.24, 2.45) is 0 Å². The molecule has 23 heavy (non-hydrogen) atoms. The van der Waals surface area contributed by atoms with Crippen LogP contribution in [0.4, 0.5) is 11.4 Å². The van der Waals surface area contributed by atoms with Crippen LogP contribution in [0, 0.1) is 13.8 Å². The van der Waals surface area contributed by atoms with E-state index in [1.54, 1.807) is 24.3 Å². The third kappa shape index (κ3) is 4.85. The maximum atomic E-state index is 12.1. The van der Waals surface area contributed by atoms with Gasteiger partial charge in [0, 0.05) is 12.6 Å². The number of carbonyl (C=O) groups excluding carboxylic acids is 2. The van der Waals surface area contributed by atoms with Crippen molar-refractivity contribution < 1.29 is 14.3 Å². The van der Waals surface area contributed by atoms with Crippen molar-refractivity contribution in [2.75, 3.05) is 17.2 Å². The molecule has 0 fully saturated rings. The number of hydrogen-bond donors (Lipinski definition) is 2. The van der Waals surface area contributed by atoms with Crippen LogP contribution in [0.25, 0.3) is 0 Å². The molecule has 5 nitrogen and oxygen atoms in total. The molecule has 2 rings (SSSR count). The minimum atomic E-state index is -0.253. The molecule has 2 aromatic rings. The Morgan fingerprint density at radius 2 is 1.74 bits per heavy atom. The van der Waals surface area contributed by atoms with Crippen LogP contribution in [0.3, 0.4) is 0 Å². The van der Waals surface area contributed by atoms with Crippen LogP contribution in [0.15, 0.2) is 42.5 Å². The number of hydrogen-bond acceptors (Lipinski definition) is 3. The van der Waals surface area contributed by atoms with Crippen LogP contribution in [0.1, 0.15) is 18.1 Å². The lowest BCUT2D eigenvalue weighted by Crippen LogP contribution is -2.21. The van der Waals surface area contributed by atoms with E-state index < -0.39 is 0 Å². The highest BCUT2D eigenvalue weighted by Gasteiger charge is 2.09. The number of benzene rings is 2. The number of anilines is 2. The summed E-state index contributed by atoms with van der Waals surface area (Å²) in [5, 5.41) is 5.50. The second-order valence-corrected chi connectivity index (χ2v) is 5.33. The highest BCUT2D eigenvalue weighted by atomic mass is 16.5. The topological polar surface area (TPSA) is 67.4 Å². The van der Waals surface area contributed by atoms with E-state index in [0.29, 0.717) is 11.4 Å². The molecule has 2 N–H and O–H groups in total. The van der Waals surface area contributed by atoms with Gasteiger partial charge in [-0.05, 0) is 43.2 Å². The molecule has 0 aliphatic rings. The van der Waals surface area contributed by atoms with E-state index in [0.717, 1.165) is 16.8 Å². The molecule has 0 bridgehead atoms. The lowest BCUT2D eigenvalue weighted by atomic mass is 10.1. The van der Waals surface area contributed by atoms with Gasteiger partial charge >= 0.3 is 0 Å². The number of aryl methyl sites for hydroxylation is 2. The summed E-state index contributed by atoms with van der Waals surface area (Å²) in [5.74, 6) is 0.0102. The molecule has 2 amide bonds. The fourth-order valence-corrected chi connectivity index (χ4v) is 2.09. The number of ether oxygens (including phenoxy) is 1. The summed E-state index contributed by atoms with van der Waals surface area (Å²) >= 11 is 0. The molecular weight excluding hydrogens is 292 g/mol. The number of rotatable bonds is 5. The van der Waals surface area contributed by atoms with E-state index in [9.17, 15) is 9.59 Å². The summed E-state index contributed by atoms with van der Waals surface area (Å²) in [6.07, 6.45) is 0. The van der Waals surface area contributed by atoms with Crippen molar-refractivity contribution in [1.82, 2.24) is 0 Å². The SMILES string of the molecule is CC(=O)Nc1ccccc1OCC(=O)Nc1cc(C)ccc1C. The summed E-state index contributed by atoms with van der Waals surface area (Å²) in [5.41, 5.74) is 3.37. The maximum Gasteiger partial charge on any atom is 0.262 e. The van der Waals surface area contributed by atoms with E-state index in [2.05, 4.69) is 10.6 Å². The summed E-state index contributed by atoms with van der Waals surface area (Å²) in [6.45, 7) is 5.19. The van der Waals surface area contributed by atoms with E-state index in [1.807, 2.05) is 32.0 Å². The van der Waals surface area contributed by atoms with Gasteiger partial charge in [0.1, 0.15) is 5.75 Å². The highest BCUT2D eigenvalue weighted by molar-refractivity contribution is 5.93. The molecule has 0 saturated carbocycles. The molecule has 0 atom stereocenters. The van der Waals surface area contributed by atoms with Gasteiger partial charge < -0.3 is 15.4 Å². The van der Waals surface area contributed by atoms with E-state index in [1.165, 1.54) is 6.92 Å². The number of amides is 2. The van der Waals surface area contributed by atoms with Gasteiger partial charge in [-0.2, -0.15) is 0 Å². The Morgan fingerprint density at radius 1 is 1.00 bits per heavy atom. The zero-order valence-electron chi connectivity index (χ0n) is 13.5. The van der Waals surface area contributed by atoms with Crippen molar-refractivity contribution in [1.29, 1.82) is 0 Å². The predicted molar refractivity (Wildman–Crippen MR) is 90.8 cm³/mol. The monoisotopic (exact) mass is 312 g/mol. The van der Waals surface area contributed by atoms with Crippen molar-refractivity contribution in [3.8, 4) is 5.75 Å². The smallest absolute Gasteiger partial charge is 0.262 e. The minimum absolute atomic E-state index is 0.135. The van der Waals surface area contributed by atoms with Crippen LogP contribution < -0.4 is 15.4 Å². The van der Waals surface area contributed by atoms with Crippen molar-refractivity contribution in [2.45, 2.75) is 20.8 Å². The Hall–Kier alpha value is -2.82. The number of nitrogens with one attached hydrogen (secondary N) is 2. The standard InChI is InChI=1S/C18H20N2O3/c1-12-8-9-13(2)16(10-12)20-18(22)11-23-17-7-5-4-6-15(17)19-14(3)21/h4-10H,11H2,1-3H3,(H,19,21)(H,20,22). The predicted octanol–water partition coefficient (Wildman–Crippen LogP) is 3.28. The maximum absolute atomic E-state index is 12.1. The first-order valence-corrected chi connectivity index (χ1v) is 7.32. The minimum Gasteiger partial charge on any atom is -0.482 e. The zero-order valence-corrected chi connectivity index (χ0v) is 13.5. The van der Waals surface area contributed by atoms with Gasteiger partial charge in [-0.1, -0.05) is 24.3 Å². The third-order valence-electron chi connectivity index (χ3n) is 3.22. The molecule has 5 heteroatoms. The van der Waals surface area contributed by atoms with Crippen molar-refractivity contribution in [3.63, 3.8) is 0 Å². The summed E-state index contributed by atoms with van der Waals surface area (Å²) in [4.78, 5) is 23.2. The first kappa shape index (κ1) is 16.5. The van der Waals surface area contributed by atoms with Crippen molar-refractivity contribution >= 4 is 23.2 Å². The lowest BCUT2D eigenvalue weighted by molar-refractivity contribution is -0.118. The van der Waals surface area contributed by atoms with E-state index in [4.69, 9.17) is 4.74 Å². The van der Waals surface area contributed by atoms with Gasteiger partial charge in [0.05, 0.1) is 5.69 Å². The molecule has 2 aromatic carbocycles. The number of para-hydroxylation sites is 2. The summed E-state index contributed by atoms with van der Waals surface area (Å²) < 4.78 is 5.52. The molecule has 0 aliphatic heterocycles. The molecule has 0 aromatic heterocycles. The molecule has 0 heterocycles. The Balaban J connectivity index is 1.99. The molecule has 0 unspecified atom stereocenters. The molecule has 0 aliphatic carbocycles. The second kappa shape index (κ2) is 7.45. The van der Waals surface area contributed by atoms with Gasteiger partial charge in [0.2, 0.25) is 5.91 Å². The van der Waals surface area contributed by atoms with Crippen LogP contribution in [-0.4, -0.2) is 18.4 Å². The van der Waals surface area contributed by atoms with Crippen LogP contribution in [0.2, 0.25) is 0 Å². The molecular formula is C18H20N2O3. The first-order valence-electron chi connectivity index (χ1n) is 7.32. The van der Waals surface area contributed by atoms with Crippen LogP contribution in [-0.2, 0) is 9.59 Å². The Bertz CT molecular complexity index is 726. The largest absolute Gasteiger partial charge is 0.482 e. The van der Waals surface area contributed by atoms with Crippen LogP contribution >= 0.6 is 0 Å². The quantitative estimate of drug-likeness (QED) is 0.890. The molecule has 120 valence electrons. The van der Waals surface area contributed by atoms with Crippen molar-refractivity contribution in [3.05, 3.63) is 53.6 Å². The fourth-order valence-electron chi connectivity index (χ4n) is 2.09. The Morgan fingerprint density at radius 3 is 2.48 bits per heavy atom. The normalized spacial score (nSPS) is 10.0. The average molecular weight is 312 g/mol. The van der Waals surface area contributed by atoms with E-state index >= 15 is 0 Å². The Labute approximate surface area is 135 Å². The van der Waals surface area contributed by atoms with E-state index in [-0.39, 0.29) is 18.4 Å². The fraction of sp³-hybridized carbons (Fsp3) is 0.222. The van der Waals surface area contributed by atoms with Gasteiger partial charge in [-0.25, -0.2) is 0 Å². The van der Waals surface area contributed by atoms with Gasteiger partial charge in [0.15, 0.2) is 6.61 Å².